The molecule has 1 saturated heterocycles. The molecule has 1 aliphatic rings. The predicted octanol–water partition coefficient (Wildman–Crippen LogP) is 3.58. The lowest BCUT2D eigenvalue weighted by Gasteiger charge is -2.46. The second kappa shape index (κ2) is 8.60. The lowest BCUT2D eigenvalue weighted by Crippen LogP contribution is -2.67. The normalized spacial score (nSPS) is 18.2. The number of carboxylic acids is 1. The molecule has 2 amide bonds. The maximum absolute atomic E-state index is 12.7. The third kappa shape index (κ3) is 7.43. The van der Waals surface area contributed by atoms with E-state index in [0.717, 1.165) is 0 Å². The van der Waals surface area contributed by atoms with Crippen LogP contribution in [0.15, 0.2) is 29.2 Å². The first-order valence-corrected chi connectivity index (χ1v) is 10.7. The van der Waals surface area contributed by atoms with Crippen LogP contribution in [0.3, 0.4) is 0 Å². The number of carbonyl (C=O) groups excluding carboxylic acids is 2. The van der Waals surface area contributed by atoms with Crippen molar-refractivity contribution in [3.05, 3.63) is 29.8 Å². The number of benzene rings is 1. The first-order chi connectivity index (χ1) is 14.7. The third-order valence-electron chi connectivity index (χ3n) is 4.72. The summed E-state index contributed by atoms with van der Waals surface area (Å²) in [7, 11) is -9.82. The number of hydrogen-bond donors (Lipinski definition) is 5. The molecule has 8 nitrogen and oxygen atoms in total. The summed E-state index contributed by atoms with van der Waals surface area (Å²) in [6, 6.07) is 0.305. The number of hydrogen-bond acceptors (Lipinski definition) is 5. The molecule has 0 unspecified atom stereocenters. The standard InChI is InChI=1S/C14H18F5N3O3S.C2HF3O2/c1-2-14(7-20-8-14)11(13(24)22-25)21-12(23)9-3-5-10(6-4-9)26(15,16,17,18)19;3-2(4,5)1(6)7/h3-6,11,20,25H,2,7-8H2,1H3,(H,21,23)(H,22,24);(H,6,7)/t11-;/m1./s1. The average molecular weight is 517 g/mol. The lowest BCUT2D eigenvalue weighted by molar-refractivity contribution is -0.192. The molecule has 0 radical (unpaired) electrons. The van der Waals surface area contributed by atoms with Gasteiger partial charge in [-0.05, 0) is 30.7 Å². The van der Waals surface area contributed by atoms with E-state index in [9.17, 15) is 42.2 Å². The van der Waals surface area contributed by atoms with E-state index in [2.05, 4.69) is 10.6 Å². The van der Waals surface area contributed by atoms with Crippen LogP contribution < -0.4 is 16.1 Å². The molecule has 1 aliphatic heterocycles. The van der Waals surface area contributed by atoms with Crippen LogP contribution >= 0.6 is 10.2 Å². The maximum atomic E-state index is 12.7. The molecule has 1 aromatic rings. The minimum absolute atomic E-state index is 0.123. The summed E-state index contributed by atoms with van der Waals surface area (Å²) >= 11 is 0. The van der Waals surface area contributed by atoms with Gasteiger partial charge in [-0.2, -0.15) is 13.2 Å². The first-order valence-electron chi connectivity index (χ1n) is 8.76. The Morgan fingerprint density at radius 1 is 1.09 bits per heavy atom. The summed E-state index contributed by atoms with van der Waals surface area (Å²) < 4.78 is 95.3. The van der Waals surface area contributed by atoms with E-state index in [1.165, 1.54) is 5.48 Å². The van der Waals surface area contributed by atoms with E-state index in [0.29, 0.717) is 31.6 Å². The summed E-state index contributed by atoms with van der Waals surface area (Å²) in [6.07, 6.45) is -4.61. The maximum Gasteiger partial charge on any atom is 0.490 e. The fraction of sp³-hybridized carbons (Fsp3) is 0.438. The molecule has 1 atom stereocenters. The highest BCUT2D eigenvalue weighted by atomic mass is 32.5. The predicted molar refractivity (Wildman–Crippen MR) is 98.3 cm³/mol. The fourth-order valence-electron chi connectivity index (χ4n) is 2.74. The molecule has 5 N–H and O–H groups in total. The number of hydroxylamine groups is 1. The Hall–Kier alpha value is -2.66. The van der Waals surface area contributed by atoms with E-state index in [1.807, 2.05) is 0 Å². The zero-order valence-electron chi connectivity index (χ0n) is 16.6. The zero-order chi connectivity index (χ0) is 25.9. The largest absolute Gasteiger partial charge is 0.490 e. The molecular formula is C16H19F8N3O5S. The van der Waals surface area contributed by atoms with Gasteiger partial charge in [-0.25, -0.2) is 10.3 Å². The highest BCUT2D eigenvalue weighted by Crippen LogP contribution is 3.02. The molecule has 0 aliphatic carbocycles. The van der Waals surface area contributed by atoms with Crippen molar-refractivity contribution in [3.63, 3.8) is 0 Å². The second-order valence-electron chi connectivity index (χ2n) is 7.00. The Morgan fingerprint density at radius 3 is 1.82 bits per heavy atom. The van der Waals surface area contributed by atoms with Crippen molar-refractivity contribution in [2.45, 2.75) is 30.5 Å². The fourth-order valence-corrected chi connectivity index (χ4v) is 3.39. The highest BCUT2D eigenvalue weighted by molar-refractivity contribution is 8.45. The third-order valence-corrected chi connectivity index (χ3v) is 5.89. The average Bonchev–Trinajstić information content (AvgIpc) is 2.64. The van der Waals surface area contributed by atoms with Crippen molar-refractivity contribution in [2.75, 3.05) is 13.1 Å². The van der Waals surface area contributed by atoms with Crippen LogP contribution in [0.1, 0.15) is 23.7 Å². The van der Waals surface area contributed by atoms with E-state index < -0.39 is 50.5 Å². The minimum Gasteiger partial charge on any atom is -0.475 e. The van der Waals surface area contributed by atoms with Crippen molar-refractivity contribution >= 4 is 28.0 Å². The minimum atomic E-state index is -9.82. The van der Waals surface area contributed by atoms with Gasteiger partial charge in [0.1, 0.15) is 10.9 Å². The Balaban J connectivity index is 0.000000675. The Labute approximate surface area is 181 Å². The van der Waals surface area contributed by atoms with Crippen LogP contribution in [0.25, 0.3) is 0 Å². The van der Waals surface area contributed by atoms with Crippen LogP contribution in [0.2, 0.25) is 0 Å². The van der Waals surface area contributed by atoms with Crippen LogP contribution in [0, 0.1) is 5.41 Å². The number of rotatable bonds is 6. The van der Waals surface area contributed by atoms with Crippen molar-refractivity contribution in [1.29, 1.82) is 0 Å². The number of alkyl halides is 3. The smallest absolute Gasteiger partial charge is 0.475 e. The number of amides is 2. The summed E-state index contributed by atoms with van der Waals surface area (Å²) in [5.74, 6) is -4.56. The number of aliphatic carboxylic acids is 1. The molecule has 1 fully saturated rings. The van der Waals surface area contributed by atoms with E-state index >= 15 is 0 Å². The van der Waals surface area contributed by atoms with Gasteiger partial charge in [0.05, 0.1) is 0 Å². The van der Waals surface area contributed by atoms with Gasteiger partial charge in [-0.3, -0.25) is 14.8 Å². The van der Waals surface area contributed by atoms with E-state index in [4.69, 9.17) is 15.1 Å². The van der Waals surface area contributed by atoms with Gasteiger partial charge in [0.15, 0.2) is 0 Å². The molecule has 1 heterocycles. The van der Waals surface area contributed by atoms with Gasteiger partial charge in [0.25, 0.3) is 11.8 Å². The topological polar surface area (TPSA) is 128 Å². The van der Waals surface area contributed by atoms with Crippen LogP contribution in [0.4, 0.5) is 32.6 Å². The van der Waals surface area contributed by atoms with Gasteiger partial charge >= 0.3 is 22.4 Å². The Bertz CT molecular complexity index is 897. The summed E-state index contributed by atoms with van der Waals surface area (Å²) in [4.78, 5) is 30.9. The second-order valence-corrected chi connectivity index (χ2v) is 9.41. The number of halogens is 8. The zero-order valence-corrected chi connectivity index (χ0v) is 17.4. The van der Waals surface area contributed by atoms with Crippen LogP contribution in [0.5, 0.6) is 0 Å². The number of nitrogens with one attached hydrogen (secondary N) is 3. The Kier molecular flexibility index (Phi) is 7.40. The molecule has 0 saturated carbocycles. The molecule has 1 aromatic carbocycles. The SMILES string of the molecule is CCC1([C@H](NC(=O)c2ccc(S(F)(F)(F)(F)F)cc2)C(=O)NO)CNC1.O=C(O)C(F)(F)F. The van der Waals surface area contributed by atoms with Gasteiger partial charge in [0, 0.05) is 24.1 Å². The molecule has 33 heavy (non-hydrogen) atoms. The quantitative estimate of drug-likeness (QED) is 0.223. The monoisotopic (exact) mass is 517 g/mol. The molecular weight excluding hydrogens is 498 g/mol. The lowest BCUT2D eigenvalue weighted by atomic mass is 9.72. The van der Waals surface area contributed by atoms with Crippen molar-refractivity contribution in [3.8, 4) is 0 Å². The van der Waals surface area contributed by atoms with Crippen molar-refractivity contribution in [1.82, 2.24) is 16.1 Å². The molecule has 0 spiro atoms. The van der Waals surface area contributed by atoms with Gasteiger partial charge in [0.2, 0.25) is 0 Å². The van der Waals surface area contributed by atoms with E-state index in [1.54, 1.807) is 6.92 Å². The van der Waals surface area contributed by atoms with Gasteiger partial charge in [-0.1, -0.05) is 26.4 Å². The number of carboxylic acid groups (broad SMARTS) is 1. The van der Waals surface area contributed by atoms with Crippen molar-refractivity contribution < 1.29 is 57.3 Å². The van der Waals surface area contributed by atoms with Crippen LogP contribution in [-0.2, 0) is 9.59 Å². The van der Waals surface area contributed by atoms with Crippen LogP contribution in [-0.4, -0.2) is 53.4 Å². The molecule has 17 heteroatoms. The summed E-state index contributed by atoms with van der Waals surface area (Å²) in [5, 5.41) is 21.3. The number of carbonyl (C=O) groups is 3. The summed E-state index contributed by atoms with van der Waals surface area (Å²) in [6.45, 7) is 2.53. The van der Waals surface area contributed by atoms with Crippen molar-refractivity contribution in [2.24, 2.45) is 5.41 Å². The van der Waals surface area contributed by atoms with E-state index in [-0.39, 0.29) is 17.7 Å². The molecule has 190 valence electrons. The molecule has 2 rings (SSSR count). The molecule has 0 aromatic heterocycles. The highest BCUT2D eigenvalue weighted by Gasteiger charge is 2.65. The molecule has 0 bridgehead atoms. The van der Waals surface area contributed by atoms with Gasteiger partial charge in [-0.15, -0.1) is 0 Å². The Morgan fingerprint density at radius 2 is 1.55 bits per heavy atom. The van der Waals surface area contributed by atoms with Gasteiger partial charge < -0.3 is 15.7 Å². The first kappa shape index (κ1) is 28.4. The summed E-state index contributed by atoms with van der Waals surface area (Å²) in [5.41, 5.74) is 0.441.